The van der Waals surface area contributed by atoms with E-state index < -0.39 is 11.2 Å². The van der Waals surface area contributed by atoms with E-state index >= 15 is 0 Å². The number of ether oxygens (including phenoxy) is 1. The van der Waals surface area contributed by atoms with Crippen molar-refractivity contribution in [1.29, 1.82) is 0 Å². The number of hydrogen-bond acceptors (Lipinski definition) is 10. The van der Waals surface area contributed by atoms with Gasteiger partial charge in [-0.25, -0.2) is 19.7 Å². The number of aromatic nitrogens is 6. The van der Waals surface area contributed by atoms with Crippen molar-refractivity contribution in [2.75, 3.05) is 19.0 Å². The van der Waals surface area contributed by atoms with Gasteiger partial charge in [0.15, 0.2) is 5.65 Å². The van der Waals surface area contributed by atoms with Crippen molar-refractivity contribution in [3.8, 4) is 28.3 Å². The minimum absolute atomic E-state index is 0.0672. The van der Waals surface area contributed by atoms with E-state index in [1.165, 1.54) is 18.7 Å². The number of benzene rings is 2. The number of carbonyl (C=O) groups is 1. The number of halogens is 2. The van der Waals surface area contributed by atoms with Gasteiger partial charge in [-0.05, 0) is 19.4 Å². The summed E-state index contributed by atoms with van der Waals surface area (Å²) in [6, 6.07) is 11.0. The molecule has 1 fully saturated rings. The highest BCUT2D eigenvalue weighted by atomic mass is 35.5. The van der Waals surface area contributed by atoms with Gasteiger partial charge >= 0.3 is 5.69 Å². The number of carbonyl (C=O) groups excluding carboxylic acids is 1. The first kappa shape index (κ1) is 32.1. The molecule has 0 bridgehead atoms. The van der Waals surface area contributed by atoms with Crippen LogP contribution in [0.5, 0.6) is 5.88 Å². The molecule has 47 heavy (non-hydrogen) atoms. The Hall–Kier alpha value is -4.85. The van der Waals surface area contributed by atoms with E-state index in [1.54, 1.807) is 32.3 Å². The van der Waals surface area contributed by atoms with E-state index in [2.05, 4.69) is 35.9 Å². The quantitative estimate of drug-likeness (QED) is 0.209. The first-order chi connectivity index (χ1) is 22.6. The van der Waals surface area contributed by atoms with Gasteiger partial charge in [-0.3, -0.25) is 23.7 Å². The Morgan fingerprint density at radius 3 is 2.43 bits per heavy atom. The summed E-state index contributed by atoms with van der Waals surface area (Å²) >= 11 is 14.0. The van der Waals surface area contributed by atoms with Crippen molar-refractivity contribution in [2.45, 2.75) is 32.4 Å². The minimum atomic E-state index is -0.533. The third-order valence-electron chi connectivity index (χ3n) is 8.00. The molecule has 3 aromatic heterocycles. The van der Waals surface area contributed by atoms with Crippen LogP contribution in [-0.4, -0.2) is 54.7 Å². The zero-order valence-electron chi connectivity index (χ0n) is 26.0. The Morgan fingerprint density at radius 2 is 1.70 bits per heavy atom. The Morgan fingerprint density at radius 1 is 0.979 bits per heavy atom. The van der Waals surface area contributed by atoms with Crippen molar-refractivity contribution in [3.63, 3.8) is 0 Å². The molecule has 4 heterocycles. The van der Waals surface area contributed by atoms with Crippen molar-refractivity contribution >= 4 is 51.6 Å². The predicted molar refractivity (Wildman–Crippen MR) is 180 cm³/mol. The number of rotatable bonds is 9. The summed E-state index contributed by atoms with van der Waals surface area (Å²) in [5.41, 5.74) is 2.67. The smallest absolute Gasteiger partial charge is 0.332 e. The van der Waals surface area contributed by atoms with Crippen molar-refractivity contribution < 1.29 is 9.53 Å². The fourth-order valence-corrected chi connectivity index (χ4v) is 6.17. The average molecular weight is 677 g/mol. The lowest BCUT2D eigenvalue weighted by Gasteiger charge is -2.16. The molecule has 3 N–H and O–H groups in total. The summed E-state index contributed by atoms with van der Waals surface area (Å²) in [6.45, 7) is 2.70. The molecule has 13 nitrogen and oxygen atoms in total. The van der Waals surface area contributed by atoms with Crippen molar-refractivity contribution in [1.82, 2.24) is 39.7 Å². The normalized spacial score (nSPS) is 14.4. The van der Waals surface area contributed by atoms with Crippen LogP contribution in [0.15, 0.2) is 52.2 Å². The standard InChI is InChI=1S/C32H31Cl2N9O4/c1-16-37-28(25-29(38-16)42(2)32(46)43(3)31(25)45)40-21-10-6-8-19(27(21)34)18-7-5-9-20(26(18)33)22-15-36-23(30(41-22)47-4)14-35-13-17-11-12-24(44)39-17/h5-10,15,17,35H,11-14H2,1-4H3,(H,39,44)(H,37,38,40)/t17-/m0/s1. The third-order valence-corrected chi connectivity index (χ3v) is 8.82. The van der Waals surface area contributed by atoms with E-state index in [-0.39, 0.29) is 28.8 Å². The van der Waals surface area contributed by atoms with E-state index in [0.717, 1.165) is 11.0 Å². The molecule has 0 aliphatic carbocycles. The van der Waals surface area contributed by atoms with Gasteiger partial charge in [0.05, 0.1) is 34.7 Å². The van der Waals surface area contributed by atoms with Crippen LogP contribution in [0.1, 0.15) is 24.4 Å². The van der Waals surface area contributed by atoms with Gasteiger partial charge in [-0.15, -0.1) is 0 Å². The van der Waals surface area contributed by atoms with Crippen LogP contribution in [0.3, 0.4) is 0 Å². The fourth-order valence-electron chi connectivity index (χ4n) is 5.57. The van der Waals surface area contributed by atoms with Crippen LogP contribution in [0, 0.1) is 6.92 Å². The van der Waals surface area contributed by atoms with Crippen molar-refractivity contribution in [2.24, 2.45) is 14.1 Å². The minimum Gasteiger partial charge on any atom is -0.480 e. The largest absolute Gasteiger partial charge is 0.480 e. The van der Waals surface area contributed by atoms with Gasteiger partial charge in [-0.2, -0.15) is 0 Å². The van der Waals surface area contributed by atoms with E-state index in [9.17, 15) is 14.4 Å². The topological polar surface area (TPSA) is 158 Å². The SMILES string of the molecule is COc1nc(-c2cccc(-c3cccc(Nc4nc(C)nc5c4c(=O)n(C)c(=O)n5C)c3Cl)c2Cl)cnc1CNC[C@@H]1CCC(=O)N1. The highest BCUT2D eigenvalue weighted by Crippen LogP contribution is 2.42. The van der Waals surface area contributed by atoms with E-state index in [4.69, 9.17) is 27.9 Å². The zero-order valence-corrected chi connectivity index (χ0v) is 27.5. The molecule has 0 spiro atoms. The molecule has 0 unspecified atom stereocenters. The van der Waals surface area contributed by atoms with Gasteiger partial charge in [0.1, 0.15) is 22.7 Å². The van der Waals surface area contributed by atoms with Crippen LogP contribution in [0.4, 0.5) is 11.5 Å². The lowest BCUT2D eigenvalue weighted by Crippen LogP contribution is -2.37. The van der Waals surface area contributed by atoms with Gasteiger partial charge in [-0.1, -0.05) is 53.5 Å². The van der Waals surface area contributed by atoms with Crippen LogP contribution in [0.25, 0.3) is 33.4 Å². The number of nitrogens with one attached hydrogen (secondary N) is 3. The Kier molecular flexibility index (Phi) is 8.95. The summed E-state index contributed by atoms with van der Waals surface area (Å²) in [7, 11) is 4.48. The highest BCUT2D eigenvalue weighted by molar-refractivity contribution is 6.39. The molecular weight excluding hydrogens is 645 g/mol. The maximum Gasteiger partial charge on any atom is 0.332 e. The summed E-state index contributed by atoms with van der Waals surface area (Å²) in [6.07, 6.45) is 2.97. The van der Waals surface area contributed by atoms with E-state index in [0.29, 0.717) is 75.0 Å². The molecular formula is C32H31Cl2N9O4. The molecule has 2 aromatic carbocycles. The summed E-state index contributed by atoms with van der Waals surface area (Å²) in [5.74, 6) is 1.00. The summed E-state index contributed by atoms with van der Waals surface area (Å²) in [5, 5.41) is 10.3. The van der Waals surface area contributed by atoms with Crippen LogP contribution < -0.4 is 31.9 Å². The van der Waals surface area contributed by atoms with Gasteiger partial charge in [0, 0.05) is 56.3 Å². The molecule has 15 heteroatoms. The Labute approximate surface area is 279 Å². The Bertz CT molecular complexity index is 2170. The van der Waals surface area contributed by atoms with Gasteiger partial charge < -0.3 is 20.7 Å². The lowest BCUT2D eigenvalue weighted by atomic mass is 10.0. The highest BCUT2D eigenvalue weighted by Gasteiger charge is 2.22. The second-order valence-corrected chi connectivity index (χ2v) is 11.9. The number of hydrogen-bond donors (Lipinski definition) is 3. The first-order valence-corrected chi connectivity index (χ1v) is 15.5. The number of amides is 1. The fraction of sp³-hybridized carbons (Fsp3) is 0.281. The Balaban J connectivity index is 1.31. The molecule has 5 aromatic rings. The number of aryl methyl sites for hydroxylation is 2. The molecule has 242 valence electrons. The molecule has 0 saturated carbocycles. The van der Waals surface area contributed by atoms with Gasteiger partial charge in [0.25, 0.3) is 5.56 Å². The molecule has 1 aliphatic heterocycles. The van der Waals surface area contributed by atoms with Gasteiger partial charge in [0.2, 0.25) is 11.8 Å². The maximum atomic E-state index is 13.1. The maximum absolute atomic E-state index is 13.1. The second kappa shape index (κ2) is 13.1. The summed E-state index contributed by atoms with van der Waals surface area (Å²) in [4.78, 5) is 55.2. The molecule has 6 rings (SSSR count). The lowest BCUT2D eigenvalue weighted by molar-refractivity contribution is -0.119. The number of anilines is 2. The number of nitrogens with zero attached hydrogens (tertiary/aromatic N) is 6. The van der Waals surface area contributed by atoms with Crippen LogP contribution in [0.2, 0.25) is 10.0 Å². The number of fused-ring (bicyclic) bond motifs is 1. The van der Waals surface area contributed by atoms with E-state index in [1.807, 2.05) is 24.3 Å². The van der Waals surface area contributed by atoms with Crippen LogP contribution >= 0.6 is 23.2 Å². The zero-order chi connectivity index (χ0) is 33.4. The summed E-state index contributed by atoms with van der Waals surface area (Å²) < 4.78 is 7.86. The third kappa shape index (κ3) is 6.16. The number of methoxy groups -OCH3 is 1. The molecule has 1 aliphatic rings. The molecule has 1 amide bonds. The molecule has 1 saturated heterocycles. The van der Waals surface area contributed by atoms with Crippen molar-refractivity contribution in [3.05, 3.63) is 85.0 Å². The van der Waals surface area contributed by atoms with Crippen LogP contribution in [-0.2, 0) is 25.4 Å². The average Bonchev–Trinajstić information content (AvgIpc) is 3.48. The monoisotopic (exact) mass is 675 g/mol. The predicted octanol–water partition coefficient (Wildman–Crippen LogP) is 3.89. The first-order valence-electron chi connectivity index (χ1n) is 14.8. The second-order valence-electron chi connectivity index (χ2n) is 11.1. The molecule has 1 atom stereocenters. The molecule has 0 radical (unpaired) electrons.